The highest BCUT2D eigenvalue weighted by Gasteiger charge is 2.42. The van der Waals surface area contributed by atoms with Crippen LogP contribution in [0.5, 0.6) is 5.75 Å². The molecule has 0 saturated heterocycles. The van der Waals surface area contributed by atoms with Gasteiger partial charge in [0, 0.05) is 6.42 Å². The van der Waals surface area contributed by atoms with Crippen LogP contribution in [0.15, 0.2) is 41.0 Å². The molecule has 23 heavy (non-hydrogen) atoms. The lowest BCUT2D eigenvalue weighted by Crippen LogP contribution is -2.55. The summed E-state index contributed by atoms with van der Waals surface area (Å²) in [5.41, 5.74) is 1.38. The Kier molecular flexibility index (Phi) is 5.34. The van der Waals surface area contributed by atoms with E-state index in [9.17, 15) is 9.90 Å². The van der Waals surface area contributed by atoms with E-state index >= 15 is 0 Å². The molecule has 0 spiro atoms. The predicted molar refractivity (Wildman–Crippen MR) is 87.7 cm³/mol. The molecule has 0 fully saturated rings. The van der Waals surface area contributed by atoms with Crippen molar-refractivity contribution in [2.45, 2.75) is 31.3 Å². The number of aryl methyl sites for hydroxylation is 1. The lowest BCUT2D eigenvalue weighted by molar-refractivity contribution is -0.149. The van der Waals surface area contributed by atoms with Crippen LogP contribution in [0.4, 0.5) is 0 Å². The number of esters is 1. The molecule has 1 aromatic heterocycles. The van der Waals surface area contributed by atoms with Gasteiger partial charge in [-0.15, -0.1) is 12.4 Å². The molecular formula is C17H20ClNO4. The Morgan fingerprint density at radius 3 is 2.91 bits per heavy atom. The van der Waals surface area contributed by atoms with Crippen LogP contribution >= 0.6 is 12.4 Å². The third kappa shape index (κ3) is 3.51. The molecule has 2 aromatic rings. The maximum Gasteiger partial charge on any atom is 0.326 e. The highest BCUT2D eigenvalue weighted by atomic mass is 35.5. The van der Waals surface area contributed by atoms with Gasteiger partial charge in [-0.3, -0.25) is 10.1 Å². The molecule has 1 heterocycles. The summed E-state index contributed by atoms with van der Waals surface area (Å²) < 4.78 is 10.3. The van der Waals surface area contributed by atoms with Crippen LogP contribution in [-0.2, 0) is 28.9 Å². The zero-order valence-corrected chi connectivity index (χ0v) is 13.7. The fourth-order valence-electron chi connectivity index (χ4n) is 3.04. The molecular weight excluding hydrogens is 318 g/mol. The molecule has 0 aliphatic heterocycles. The number of fused-ring (bicyclic) bond motifs is 1. The molecule has 2 N–H and O–H groups in total. The Morgan fingerprint density at radius 2 is 2.22 bits per heavy atom. The zero-order chi connectivity index (χ0) is 15.6. The fraction of sp³-hybridized carbons (Fsp3) is 0.353. The summed E-state index contributed by atoms with van der Waals surface area (Å²) in [6.07, 6.45) is 3.48. The quantitative estimate of drug-likeness (QED) is 0.839. The van der Waals surface area contributed by atoms with E-state index in [1.165, 1.54) is 7.11 Å². The number of rotatable bonds is 4. The summed E-state index contributed by atoms with van der Waals surface area (Å²) in [4.78, 5) is 12.4. The number of aromatic hydroxyl groups is 1. The molecule has 1 aliphatic rings. The van der Waals surface area contributed by atoms with Crippen molar-refractivity contribution in [3.63, 3.8) is 0 Å². The van der Waals surface area contributed by atoms with E-state index in [1.54, 1.807) is 18.4 Å². The maximum atomic E-state index is 12.4. The van der Waals surface area contributed by atoms with Gasteiger partial charge in [0.05, 0.1) is 19.9 Å². The van der Waals surface area contributed by atoms with Crippen molar-refractivity contribution in [1.29, 1.82) is 0 Å². The number of nitrogens with one attached hydrogen (secondary N) is 1. The van der Waals surface area contributed by atoms with Gasteiger partial charge in [-0.05, 0) is 48.2 Å². The van der Waals surface area contributed by atoms with E-state index in [0.29, 0.717) is 25.8 Å². The van der Waals surface area contributed by atoms with Crippen LogP contribution in [0.1, 0.15) is 23.3 Å². The minimum atomic E-state index is -0.758. The second-order valence-corrected chi connectivity index (χ2v) is 5.64. The van der Waals surface area contributed by atoms with Crippen LogP contribution in [0, 0.1) is 0 Å². The summed E-state index contributed by atoms with van der Waals surface area (Å²) in [6.45, 7) is 0.468. The summed E-state index contributed by atoms with van der Waals surface area (Å²) in [5, 5.41) is 12.9. The first-order valence-electron chi connectivity index (χ1n) is 7.29. The topological polar surface area (TPSA) is 71.7 Å². The fourth-order valence-corrected chi connectivity index (χ4v) is 3.04. The van der Waals surface area contributed by atoms with Gasteiger partial charge >= 0.3 is 5.97 Å². The summed E-state index contributed by atoms with van der Waals surface area (Å²) in [7, 11) is 1.41. The number of halogens is 1. The number of phenolic OH excluding ortho intramolecular Hbond substituents is 1. The zero-order valence-electron chi connectivity index (χ0n) is 12.9. The van der Waals surface area contributed by atoms with Gasteiger partial charge < -0.3 is 14.3 Å². The minimum Gasteiger partial charge on any atom is -0.508 e. The Bertz CT molecular complexity index is 671. The third-order valence-corrected chi connectivity index (χ3v) is 4.26. The molecule has 0 amide bonds. The number of phenols is 1. The van der Waals surface area contributed by atoms with Crippen LogP contribution in [0.2, 0.25) is 0 Å². The molecule has 1 aliphatic carbocycles. The van der Waals surface area contributed by atoms with Crippen molar-refractivity contribution in [3.8, 4) is 5.75 Å². The first-order chi connectivity index (χ1) is 10.6. The van der Waals surface area contributed by atoms with Gasteiger partial charge in [0.2, 0.25) is 0 Å². The van der Waals surface area contributed by atoms with E-state index < -0.39 is 5.54 Å². The molecule has 6 heteroatoms. The van der Waals surface area contributed by atoms with Gasteiger partial charge in [-0.25, -0.2) is 0 Å². The molecule has 5 nitrogen and oxygen atoms in total. The number of ether oxygens (including phenoxy) is 1. The van der Waals surface area contributed by atoms with Crippen LogP contribution in [0.25, 0.3) is 0 Å². The highest BCUT2D eigenvalue weighted by Crippen LogP contribution is 2.32. The van der Waals surface area contributed by atoms with Gasteiger partial charge in [0.1, 0.15) is 17.0 Å². The first-order valence-corrected chi connectivity index (χ1v) is 7.29. The largest absolute Gasteiger partial charge is 0.508 e. The highest BCUT2D eigenvalue weighted by molar-refractivity contribution is 5.85. The maximum absolute atomic E-state index is 12.4. The number of carbonyl (C=O) groups excluding carboxylic acids is 1. The monoisotopic (exact) mass is 337 g/mol. The van der Waals surface area contributed by atoms with E-state index in [2.05, 4.69) is 5.32 Å². The number of hydrogen-bond donors (Lipinski definition) is 2. The normalized spacial score (nSPS) is 19.5. The molecule has 124 valence electrons. The number of benzene rings is 1. The van der Waals surface area contributed by atoms with Crippen molar-refractivity contribution in [3.05, 3.63) is 53.5 Å². The molecule has 0 saturated carbocycles. The molecule has 1 unspecified atom stereocenters. The Labute approximate surface area is 141 Å². The summed E-state index contributed by atoms with van der Waals surface area (Å²) in [5.74, 6) is 0.769. The summed E-state index contributed by atoms with van der Waals surface area (Å²) >= 11 is 0. The van der Waals surface area contributed by atoms with Crippen LogP contribution < -0.4 is 5.32 Å². The van der Waals surface area contributed by atoms with Gasteiger partial charge in [-0.2, -0.15) is 0 Å². The van der Waals surface area contributed by atoms with E-state index in [4.69, 9.17) is 9.15 Å². The second kappa shape index (κ2) is 7.06. The predicted octanol–water partition coefficient (Wildman–Crippen LogP) is 2.60. The first kappa shape index (κ1) is 17.4. The Morgan fingerprint density at radius 1 is 1.39 bits per heavy atom. The smallest absolute Gasteiger partial charge is 0.326 e. The average Bonchev–Trinajstić information content (AvgIpc) is 3.05. The number of furan rings is 1. The molecule has 0 radical (unpaired) electrons. The third-order valence-electron chi connectivity index (χ3n) is 4.26. The number of hydrogen-bond acceptors (Lipinski definition) is 5. The average molecular weight is 338 g/mol. The van der Waals surface area contributed by atoms with Crippen molar-refractivity contribution < 1.29 is 19.1 Å². The molecule has 3 rings (SSSR count). The molecule has 1 aromatic carbocycles. The van der Waals surface area contributed by atoms with E-state index in [-0.39, 0.29) is 24.1 Å². The molecule has 1 atom stereocenters. The van der Waals surface area contributed by atoms with Gasteiger partial charge in [0.25, 0.3) is 0 Å². The van der Waals surface area contributed by atoms with E-state index in [1.807, 2.05) is 18.2 Å². The lowest BCUT2D eigenvalue weighted by Gasteiger charge is -2.36. The number of methoxy groups -OCH3 is 1. The lowest BCUT2D eigenvalue weighted by atomic mass is 9.77. The SMILES string of the molecule is COC(=O)C1(NCc2ccco2)CCc2cc(O)ccc2C1.Cl. The van der Waals surface area contributed by atoms with Crippen molar-refractivity contribution in [2.24, 2.45) is 0 Å². The Balaban J connectivity index is 0.00000192. The van der Waals surface area contributed by atoms with Crippen molar-refractivity contribution in [1.82, 2.24) is 5.32 Å². The summed E-state index contributed by atoms with van der Waals surface area (Å²) in [6, 6.07) is 8.98. The molecule has 0 bridgehead atoms. The van der Waals surface area contributed by atoms with Crippen LogP contribution in [-0.4, -0.2) is 23.7 Å². The van der Waals surface area contributed by atoms with Gasteiger partial charge in [0.15, 0.2) is 0 Å². The van der Waals surface area contributed by atoms with E-state index in [0.717, 1.165) is 16.9 Å². The standard InChI is InChI=1S/C17H19NO4.ClH/c1-21-16(20)17(18-11-15-3-2-8-22-15)7-6-12-9-14(19)5-4-13(12)10-17;/h2-5,8-9,18-19H,6-7,10-11H2,1H3;1H. The van der Waals surface area contributed by atoms with Crippen molar-refractivity contribution >= 4 is 18.4 Å². The second-order valence-electron chi connectivity index (χ2n) is 5.64. The van der Waals surface area contributed by atoms with Crippen LogP contribution in [0.3, 0.4) is 0 Å². The van der Waals surface area contributed by atoms with Crippen molar-refractivity contribution in [2.75, 3.05) is 7.11 Å². The Hall–Kier alpha value is -1.98. The minimum absolute atomic E-state index is 0. The number of carbonyl (C=O) groups is 1. The van der Waals surface area contributed by atoms with Gasteiger partial charge in [-0.1, -0.05) is 6.07 Å².